The van der Waals surface area contributed by atoms with Crippen LogP contribution in [0.2, 0.25) is 5.02 Å². The van der Waals surface area contributed by atoms with Crippen LogP contribution < -0.4 is 10.2 Å². The minimum absolute atomic E-state index is 0.000155. The van der Waals surface area contributed by atoms with Gasteiger partial charge in [0.25, 0.3) is 11.8 Å². The van der Waals surface area contributed by atoms with Crippen molar-refractivity contribution in [3.63, 3.8) is 0 Å². The molecule has 8 heteroatoms. The molecule has 1 N–H and O–H groups in total. The highest BCUT2D eigenvalue weighted by molar-refractivity contribution is 9.10. The van der Waals surface area contributed by atoms with Crippen molar-refractivity contribution < 1.29 is 9.59 Å². The first-order chi connectivity index (χ1) is 14.3. The number of benzene rings is 2. The van der Waals surface area contributed by atoms with Crippen LogP contribution in [0.4, 0.5) is 5.69 Å². The van der Waals surface area contributed by atoms with Crippen LogP contribution in [0.1, 0.15) is 11.3 Å². The lowest BCUT2D eigenvalue weighted by Gasteiger charge is -2.30. The normalized spacial score (nSPS) is 15.6. The number of halogens is 2. The molecule has 2 amide bonds. The molecule has 0 saturated carbocycles. The molecule has 2 heterocycles. The largest absolute Gasteiger partial charge is 0.317 e. The number of anilines is 1. The van der Waals surface area contributed by atoms with Crippen LogP contribution >= 0.6 is 39.7 Å². The van der Waals surface area contributed by atoms with Gasteiger partial charge in [-0.2, -0.15) is 0 Å². The molecule has 0 atom stereocenters. The monoisotopic (exact) mass is 499 g/mol. The molecule has 1 saturated heterocycles. The summed E-state index contributed by atoms with van der Waals surface area (Å²) in [6.07, 6.45) is 3.41. The van der Waals surface area contributed by atoms with Crippen molar-refractivity contribution in [3.8, 4) is 5.69 Å². The molecule has 1 fully saturated rings. The van der Waals surface area contributed by atoms with Crippen molar-refractivity contribution in [2.24, 2.45) is 0 Å². The van der Waals surface area contributed by atoms with Gasteiger partial charge in [0.05, 0.1) is 5.69 Å². The summed E-state index contributed by atoms with van der Waals surface area (Å²) in [6.45, 7) is 1.88. The second-order valence-electron chi connectivity index (χ2n) is 6.67. The molecule has 4 rings (SSSR count). The highest BCUT2D eigenvalue weighted by atomic mass is 79.9. The van der Waals surface area contributed by atoms with Gasteiger partial charge in [0.2, 0.25) is 0 Å². The van der Waals surface area contributed by atoms with Gasteiger partial charge in [-0.05, 0) is 85.4 Å². The average Bonchev–Trinajstić information content (AvgIpc) is 3.15. The Kier molecular flexibility index (Phi) is 5.60. The van der Waals surface area contributed by atoms with E-state index >= 15 is 0 Å². The molecular formula is C22H15BrClN3O2S. The molecule has 5 nitrogen and oxygen atoms in total. The van der Waals surface area contributed by atoms with Crippen molar-refractivity contribution in [2.45, 2.75) is 6.92 Å². The Morgan fingerprint density at radius 2 is 1.83 bits per heavy atom. The zero-order valence-electron chi connectivity index (χ0n) is 15.7. The quantitative estimate of drug-likeness (QED) is 0.312. The minimum atomic E-state index is -0.528. The number of carbonyl (C=O) groups is 2. The Hall–Kier alpha value is -2.74. The summed E-state index contributed by atoms with van der Waals surface area (Å²) in [5, 5.41) is 3.30. The number of thiocarbonyl (C=S) groups is 1. The van der Waals surface area contributed by atoms with Crippen LogP contribution in [0.3, 0.4) is 0 Å². The van der Waals surface area contributed by atoms with Crippen molar-refractivity contribution in [1.29, 1.82) is 0 Å². The predicted octanol–water partition coefficient (Wildman–Crippen LogP) is 5.03. The maximum absolute atomic E-state index is 13.3. The van der Waals surface area contributed by atoms with Crippen LogP contribution in [-0.4, -0.2) is 21.5 Å². The van der Waals surface area contributed by atoms with Crippen LogP contribution in [0, 0.1) is 6.92 Å². The number of hydrogen-bond donors (Lipinski definition) is 1. The van der Waals surface area contributed by atoms with Gasteiger partial charge in [0, 0.05) is 27.1 Å². The van der Waals surface area contributed by atoms with Crippen molar-refractivity contribution >= 4 is 68.4 Å². The Bertz CT molecular complexity index is 1220. The smallest absolute Gasteiger partial charge is 0.270 e. The number of aryl methyl sites for hydroxylation is 1. The molecule has 0 radical (unpaired) electrons. The van der Waals surface area contributed by atoms with Crippen LogP contribution in [0.5, 0.6) is 0 Å². The molecule has 0 spiro atoms. The first-order valence-corrected chi connectivity index (χ1v) is 10.5. The Morgan fingerprint density at radius 3 is 2.53 bits per heavy atom. The van der Waals surface area contributed by atoms with Crippen molar-refractivity contribution in [1.82, 2.24) is 9.88 Å². The van der Waals surface area contributed by atoms with E-state index in [0.717, 1.165) is 15.7 Å². The molecule has 150 valence electrons. The summed E-state index contributed by atoms with van der Waals surface area (Å²) in [4.78, 5) is 27.2. The zero-order chi connectivity index (χ0) is 21.4. The number of amides is 2. The van der Waals surface area contributed by atoms with Gasteiger partial charge in [0.1, 0.15) is 5.57 Å². The van der Waals surface area contributed by atoms with E-state index in [4.69, 9.17) is 23.8 Å². The summed E-state index contributed by atoms with van der Waals surface area (Å²) < 4.78 is 2.76. The van der Waals surface area contributed by atoms with E-state index in [1.807, 2.05) is 54.1 Å². The summed E-state index contributed by atoms with van der Waals surface area (Å²) in [7, 11) is 0. The van der Waals surface area contributed by atoms with Gasteiger partial charge < -0.3 is 4.57 Å². The lowest BCUT2D eigenvalue weighted by molar-refractivity contribution is -0.122. The van der Waals surface area contributed by atoms with Crippen molar-refractivity contribution in [2.75, 3.05) is 4.90 Å². The number of carbonyl (C=O) groups excluding carboxylic acids is 2. The zero-order valence-corrected chi connectivity index (χ0v) is 18.9. The molecule has 1 aliphatic heterocycles. The molecule has 0 aliphatic carbocycles. The number of nitrogens with one attached hydrogen (secondary N) is 1. The lowest BCUT2D eigenvalue weighted by atomic mass is 10.1. The van der Waals surface area contributed by atoms with Gasteiger partial charge in [-0.1, -0.05) is 27.5 Å². The maximum atomic E-state index is 13.3. The van der Waals surface area contributed by atoms with Crippen LogP contribution in [0.25, 0.3) is 11.8 Å². The summed E-state index contributed by atoms with van der Waals surface area (Å²) >= 11 is 14.7. The van der Waals surface area contributed by atoms with Gasteiger partial charge in [0.15, 0.2) is 5.11 Å². The Balaban J connectivity index is 1.76. The van der Waals surface area contributed by atoms with Crippen LogP contribution in [0.15, 0.2) is 70.8 Å². The number of aromatic nitrogens is 1. The van der Waals surface area contributed by atoms with Gasteiger partial charge in [-0.3, -0.25) is 19.8 Å². The van der Waals surface area contributed by atoms with E-state index in [0.29, 0.717) is 16.4 Å². The molecule has 3 aromatic rings. The van der Waals surface area contributed by atoms with E-state index in [2.05, 4.69) is 21.2 Å². The van der Waals surface area contributed by atoms with Gasteiger partial charge in [-0.25, -0.2) is 0 Å². The predicted molar refractivity (Wildman–Crippen MR) is 126 cm³/mol. The number of rotatable bonds is 3. The van der Waals surface area contributed by atoms with Crippen LogP contribution in [-0.2, 0) is 9.59 Å². The first kappa shape index (κ1) is 20.5. The SMILES string of the molecule is Cc1cc(Br)ccc1N1C(=O)C(=Cc2cccn2-c2ccc(Cl)cc2)C(=O)NC1=S. The maximum Gasteiger partial charge on any atom is 0.270 e. The number of hydrogen-bond acceptors (Lipinski definition) is 3. The fourth-order valence-electron chi connectivity index (χ4n) is 3.24. The minimum Gasteiger partial charge on any atom is -0.317 e. The third kappa shape index (κ3) is 3.84. The average molecular weight is 501 g/mol. The van der Waals surface area contributed by atoms with E-state index in [9.17, 15) is 9.59 Å². The molecule has 0 bridgehead atoms. The highest BCUT2D eigenvalue weighted by Crippen LogP contribution is 2.28. The third-order valence-electron chi connectivity index (χ3n) is 4.68. The summed E-state index contributed by atoms with van der Waals surface area (Å²) in [5.74, 6) is -1.00. The van der Waals surface area contributed by atoms with E-state index in [1.54, 1.807) is 24.3 Å². The molecule has 2 aromatic carbocycles. The van der Waals surface area contributed by atoms with E-state index in [-0.39, 0.29) is 10.7 Å². The van der Waals surface area contributed by atoms with E-state index < -0.39 is 11.8 Å². The fraction of sp³-hybridized carbons (Fsp3) is 0.0455. The lowest BCUT2D eigenvalue weighted by Crippen LogP contribution is -2.54. The van der Waals surface area contributed by atoms with Gasteiger partial charge >= 0.3 is 0 Å². The Morgan fingerprint density at radius 1 is 1.10 bits per heavy atom. The summed E-state index contributed by atoms with van der Waals surface area (Å²) in [5.41, 5.74) is 3.00. The second kappa shape index (κ2) is 8.18. The molecule has 0 unspecified atom stereocenters. The summed E-state index contributed by atoms with van der Waals surface area (Å²) in [6, 6.07) is 16.4. The third-order valence-corrected chi connectivity index (χ3v) is 5.71. The molecule has 1 aliphatic rings. The fourth-order valence-corrected chi connectivity index (χ4v) is 4.12. The topological polar surface area (TPSA) is 54.3 Å². The Labute approximate surface area is 192 Å². The molecular weight excluding hydrogens is 486 g/mol. The second-order valence-corrected chi connectivity index (χ2v) is 8.41. The standard InChI is InChI=1S/C22H15BrClN3O2S/c1-13-11-14(23)4-9-19(13)27-21(29)18(20(28)25-22(27)30)12-17-3-2-10-26(17)16-7-5-15(24)6-8-16/h2-12H,1H3,(H,25,28,30). The van der Waals surface area contributed by atoms with Crippen molar-refractivity contribution in [3.05, 3.63) is 87.1 Å². The molecule has 30 heavy (non-hydrogen) atoms. The van der Waals surface area contributed by atoms with Gasteiger partial charge in [-0.15, -0.1) is 0 Å². The molecule has 1 aromatic heterocycles. The number of nitrogens with zero attached hydrogens (tertiary/aromatic N) is 2. The first-order valence-electron chi connectivity index (χ1n) is 8.96. The highest BCUT2D eigenvalue weighted by Gasteiger charge is 2.35. The van der Waals surface area contributed by atoms with E-state index in [1.165, 1.54) is 4.90 Å².